The molecular formula is C44H50ClN7O6S. The van der Waals surface area contributed by atoms with Crippen LogP contribution in [0.3, 0.4) is 0 Å². The summed E-state index contributed by atoms with van der Waals surface area (Å²) >= 11 is 7.92. The van der Waals surface area contributed by atoms with Crippen LogP contribution in [0.15, 0.2) is 47.5 Å². The Labute approximate surface area is 352 Å². The summed E-state index contributed by atoms with van der Waals surface area (Å²) in [7, 11) is 0. The number of hydrogen-bond acceptors (Lipinski definition) is 10. The van der Waals surface area contributed by atoms with Crippen molar-refractivity contribution in [3.63, 3.8) is 0 Å². The smallest absolute Gasteiger partial charge is 0.262 e. The molecule has 0 bridgehead atoms. The highest BCUT2D eigenvalue weighted by Gasteiger charge is 2.45. The molecule has 59 heavy (non-hydrogen) atoms. The Balaban J connectivity index is 0.000000219. The molecule has 5 heterocycles. The molecule has 4 aromatic rings. The number of primary amides is 1. The number of thiophene rings is 1. The number of nitrogens with two attached hydrogens (primary N) is 1. The van der Waals surface area contributed by atoms with Crippen LogP contribution >= 0.6 is 22.9 Å². The number of piperidine rings is 1. The highest BCUT2D eigenvalue weighted by Crippen LogP contribution is 2.40. The van der Waals surface area contributed by atoms with E-state index in [-0.39, 0.29) is 42.2 Å². The van der Waals surface area contributed by atoms with Crippen molar-refractivity contribution in [3.8, 4) is 5.00 Å². The van der Waals surface area contributed by atoms with Crippen LogP contribution in [0, 0.1) is 20.8 Å². The normalized spacial score (nSPS) is 17.0. The summed E-state index contributed by atoms with van der Waals surface area (Å²) in [5.74, 6) is -1.16. The lowest BCUT2D eigenvalue weighted by atomic mass is 9.99. The topological polar surface area (TPSA) is 187 Å². The third-order valence-corrected chi connectivity index (χ3v) is 12.5. The first kappa shape index (κ1) is 43.2. The molecule has 15 heteroatoms. The van der Waals surface area contributed by atoms with Gasteiger partial charge in [0.2, 0.25) is 17.7 Å². The minimum atomic E-state index is -1.03. The monoisotopic (exact) mass is 839 g/mol. The number of fused-ring (bicyclic) bond motifs is 4. The van der Waals surface area contributed by atoms with Crippen molar-refractivity contribution < 1.29 is 28.8 Å². The fraction of sp³-hybridized carbons (Fsp3) is 0.432. The van der Waals surface area contributed by atoms with Gasteiger partial charge in [-0.25, -0.2) is 0 Å². The van der Waals surface area contributed by atoms with Crippen molar-refractivity contribution in [1.82, 2.24) is 25.0 Å². The third-order valence-electron chi connectivity index (χ3n) is 11.0. The van der Waals surface area contributed by atoms with Gasteiger partial charge < -0.3 is 5.73 Å². The molecule has 0 saturated carbocycles. The Morgan fingerprint density at radius 2 is 1.59 bits per heavy atom. The summed E-state index contributed by atoms with van der Waals surface area (Å²) in [6.45, 7) is 8.49. The van der Waals surface area contributed by atoms with E-state index in [1.54, 1.807) is 23.5 Å². The fourth-order valence-corrected chi connectivity index (χ4v) is 9.17. The van der Waals surface area contributed by atoms with Crippen LogP contribution in [-0.4, -0.2) is 66.7 Å². The number of aryl methyl sites for hydroxylation is 2. The molecule has 5 amide bonds. The quantitative estimate of drug-likeness (QED) is 0.0915. The Morgan fingerprint density at radius 3 is 2.27 bits per heavy atom. The zero-order valence-electron chi connectivity index (χ0n) is 33.9. The second-order valence-electron chi connectivity index (χ2n) is 15.3. The van der Waals surface area contributed by atoms with E-state index in [0.29, 0.717) is 23.4 Å². The minimum Gasteiger partial charge on any atom is -0.369 e. The van der Waals surface area contributed by atoms with Crippen LogP contribution in [0.25, 0.3) is 5.00 Å². The van der Waals surface area contributed by atoms with Crippen molar-refractivity contribution >= 4 is 64.0 Å². The summed E-state index contributed by atoms with van der Waals surface area (Å²) in [5.41, 5.74) is 9.95. The highest BCUT2D eigenvalue weighted by atomic mass is 35.5. The van der Waals surface area contributed by atoms with Crippen molar-refractivity contribution in [2.24, 2.45) is 10.7 Å². The Bertz CT molecular complexity index is 2310. The van der Waals surface area contributed by atoms with Gasteiger partial charge >= 0.3 is 0 Å². The van der Waals surface area contributed by atoms with Crippen LogP contribution in [0.2, 0.25) is 5.02 Å². The number of aliphatic imine (C=N–C) groups is 1. The second kappa shape index (κ2) is 19.2. The van der Waals surface area contributed by atoms with E-state index in [4.69, 9.17) is 22.3 Å². The minimum absolute atomic E-state index is 0.0535. The molecule has 3 aliphatic heterocycles. The van der Waals surface area contributed by atoms with Crippen molar-refractivity contribution in [1.29, 1.82) is 0 Å². The van der Waals surface area contributed by atoms with Gasteiger partial charge in [-0.15, -0.1) is 21.5 Å². The van der Waals surface area contributed by atoms with Gasteiger partial charge in [0.25, 0.3) is 11.8 Å². The summed E-state index contributed by atoms with van der Waals surface area (Å²) in [6.07, 6.45) is 10.7. The van der Waals surface area contributed by atoms with Gasteiger partial charge in [-0.3, -0.25) is 48.5 Å². The second-order valence-corrected chi connectivity index (χ2v) is 16.9. The fourth-order valence-electron chi connectivity index (χ4n) is 7.83. The molecule has 1 fully saturated rings. The molecule has 0 spiro atoms. The Morgan fingerprint density at radius 1 is 0.898 bits per heavy atom. The number of carbonyl (C=O) groups excluding carboxylic acids is 6. The number of nitrogens with one attached hydrogen (secondary N) is 1. The van der Waals surface area contributed by atoms with E-state index in [2.05, 4.69) is 40.9 Å². The van der Waals surface area contributed by atoms with Crippen LogP contribution in [0.5, 0.6) is 0 Å². The van der Waals surface area contributed by atoms with E-state index < -0.39 is 35.6 Å². The molecule has 13 nitrogen and oxygen atoms in total. The number of ketones is 1. The van der Waals surface area contributed by atoms with Crippen LogP contribution in [0.1, 0.15) is 150 Å². The predicted molar refractivity (Wildman–Crippen MR) is 226 cm³/mol. The third kappa shape index (κ3) is 9.60. The number of amides is 5. The number of halogens is 1. The first-order valence-corrected chi connectivity index (χ1v) is 21.5. The molecule has 0 aliphatic carbocycles. The number of Topliss-reactive ketones (excluding diaryl/α,β-unsaturated/α-hetero) is 1. The lowest BCUT2D eigenvalue weighted by Gasteiger charge is -2.27. The molecule has 310 valence electrons. The number of hydrogen-bond donors (Lipinski definition) is 2. The highest BCUT2D eigenvalue weighted by molar-refractivity contribution is 7.15. The average Bonchev–Trinajstić information content (AvgIpc) is 3.77. The van der Waals surface area contributed by atoms with Gasteiger partial charge in [0, 0.05) is 40.3 Å². The summed E-state index contributed by atoms with van der Waals surface area (Å²) in [5, 5.41) is 12.8. The number of unbranched alkanes of at least 4 members (excludes halogenated alkanes) is 7. The largest absolute Gasteiger partial charge is 0.369 e. The number of carbonyl (C=O) groups is 6. The summed E-state index contributed by atoms with van der Waals surface area (Å²) < 4.78 is 2.11. The molecule has 1 saturated heterocycles. The van der Waals surface area contributed by atoms with Gasteiger partial charge in [0.1, 0.15) is 28.7 Å². The SMILES string of the molecule is CCCCCCCCCCC(=O)C[C@@H]1N=C(c2ccc(Cl)cc2)c2c(sc(C)c2C)-n2c(C)nnc21.NC(=O)Cc1cccc2c1C(=O)N(C1CCC(=O)NC1=O)C2=O. The van der Waals surface area contributed by atoms with Gasteiger partial charge in [-0.2, -0.15) is 0 Å². The van der Waals surface area contributed by atoms with Gasteiger partial charge in [-0.05, 0) is 62.9 Å². The van der Waals surface area contributed by atoms with Gasteiger partial charge in [0.15, 0.2) is 5.82 Å². The maximum absolute atomic E-state index is 13.1. The molecule has 2 aromatic carbocycles. The van der Waals surface area contributed by atoms with Gasteiger partial charge in [-0.1, -0.05) is 87.7 Å². The van der Waals surface area contributed by atoms with Crippen molar-refractivity contribution in [2.45, 2.75) is 123 Å². The Hall–Kier alpha value is -5.34. The van der Waals surface area contributed by atoms with E-state index in [0.717, 1.165) is 51.2 Å². The number of imide groups is 2. The molecule has 0 radical (unpaired) electrons. The molecule has 3 N–H and O–H groups in total. The molecule has 3 aliphatic rings. The molecule has 7 rings (SSSR count). The van der Waals surface area contributed by atoms with Crippen molar-refractivity contribution in [3.05, 3.63) is 97.4 Å². The van der Waals surface area contributed by atoms with Gasteiger partial charge in [0.05, 0.1) is 23.3 Å². The maximum Gasteiger partial charge on any atom is 0.262 e. The number of nitrogens with zero attached hydrogens (tertiary/aromatic N) is 5. The molecular weight excluding hydrogens is 790 g/mol. The van der Waals surface area contributed by atoms with E-state index in [1.807, 2.05) is 31.2 Å². The first-order valence-electron chi connectivity index (χ1n) is 20.3. The average molecular weight is 840 g/mol. The van der Waals surface area contributed by atoms with Crippen LogP contribution in [-0.2, 0) is 25.6 Å². The number of rotatable bonds is 15. The lowest BCUT2D eigenvalue weighted by Crippen LogP contribution is -2.54. The predicted octanol–water partition coefficient (Wildman–Crippen LogP) is 7.41. The van der Waals surface area contributed by atoms with E-state index in [9.17, 15) is 28.8 Å². The van der Waals surface area contributed by atoms with E-state index in [1.165, 1.54) is 55.0 Å². The van der Waals surface area contributed by atoms with Crippen LogP contribution < -0.4 is 11.1 Å². The summed E-state index contributed by atoms with van der Waals surface area (Å²) in [6, 6.07) is 11.0. The first-order chi connectivity index (χ1) is 28.3. The Kier molecular flexibility index (Phi) is 14.0. The van der Waals surface area contributed by atoms with Crippen molar-refractivity contribution in [2.75, 3.05) is 0 Å². The standard InChI is InChI=1S/C29H37ClN4OS.C15H13N3O5/c1-5-6-7-8-9-10-11-12-13-24(35)18-25-28-33-32-21(4)34(28)29-26(19(2)20(3)36-29)27(31-25)22-14-16-23(30)17-15-22;16-10(19)6-7-2-1-3-8-12(7)15(23)18(14(8)22)9-4-5-11(20)17-13(9)21/h14-17,25H,5-13,18H2,1-4H3;1-3,9H,4-6H2,(H2,16,19)(H,17,20,21)/t25-;/m0./s1. The summed E-state index contributed by atoms with van der Waals surface area (Å²) in [4.78, 5) is 79.8. The number of aromatic nitrogens is 3. The zero-order chi connectivity index (χ0) is 42.4. The maximum atomic E-state index is 13.1. The molecule has 2 aromatic heterocycles. The lowest BCUT2D eigenvalue weighted by molar-refractivity contribution is -0.136. The molecule has 2 atom stereocenters. The zero-order valence-corrected chi connectivity index (χ0v) is 35.5. The van der Waals surface area contributed by atoms with Crippen LogP contribution in [0.4, 0.5) is 0 Å². The molecule has 1 unspecified atom stereocenters. The number of benzene rings is 2. The van der Waals surface area contributed by atoms with E-state index >= 15 is 0 Å².